The average molecular weight is 159 g/mol. The summed E-state index contributed by atoms with van der Waals surface area (Å²) in [6, 6.07) is 0. The molecule has 0 aliphatic carbocycles. The Bertz CT molecular complexity index is 69.0. The van der Waals surface area contributed by atoms with Gasteiger partial charge in [0.05, 0.1) is 0 Å². The molecule has 8 heavy (non-hydrogen) atoms. The normalized spacial score (nSPS) is 14.2. The molecule has 4 heteroatoms. The topological polar surface area (TPSA) is 0 Å². The summed E-state index contributed by atoms with van der Waals surface area (Å²) >= 11 is 4.74. The lowest BCUT2D eigenvalue weighted by Crippen LogP contribution is -2.39. The van der Waals surface area contributed by atoms with Crippen molar-refractivity contribution in [2.24, 2.45) is 0 Å². The van der Waals surface area contributed by atoms with Gasteiger partial charge in [0.15, 0.2) is 8.07 Å². The summed E-state index contributed by atoms with van der Waals surface area (Å²) in [7, 11) is -2.43. The van der Waals surface area contributed by atoms with Gasteiger partial charge in [0.1, 0.15) is 0 Å². The van der Waals surface area contributed by atoms with Crippen LogP contribution in [0.2, 0.25) is 19.6 Å². The summed E-state index contributed by atoms with van der Waals surface area (Å²) in [5, 5.41) is -2.95. The van der Waals surface area contributed by atoms with E-state index in [-0.39, 0.29) is 0 Å². The van der Waals surface area contributed by atoms with Crippen LogP contribution < -0.4 is 0 Å². The van der Waals surface area contributed by atoms with Crippen molar-refractivity contribution < 1.29 is 8.78 Å². The van der Waals surface area contributed by atoms with Gasteiger partial charge in [-0.3, -0.25) is 0 Å². The highest BCUT2D eigenvalue weighted by molar-refractivity contribution is 6.84. The van der Waals surface area contributed by atoms with Crippen molar-refractivity contribution >= 4 is 19.7 Å². The predicted octanol–water partition coefficient (Wildman–Crippen LogP) is 2.70. The van der Waals surface area contributed by atoms with E-state index < -0.39 is 13.1 Å². The Kier molecular flexibility index (Phi) is 2.04. The smallest absolute Gasteiger partial charge is 0.194 e. The van der Waals surface area contributed by atoms with Gasteiger partial charge in [-0.1, -0.05) is 31.2 Å². The molecule has 50 valence electrons. The van der Waals surface area contributed by atoms with E-state index in [2.05, 4.69) is 0 Å². The van der Waals surface area contributed by atoms with E-state index in [1.54, 1.807) is 0 Å². The van der Waals surface area contributed by atoms with Crippen molar-refractivity contribution in [1.82, 2.24) is 0 Å². The number of alkyl halides is 3. The van der Waals surface area contributed by atoms with E-state index >= 15 is 0 Å². The Morgan fingerprint density at radius 1 is 1.25 bits per heavy atom. The van der Waals surface area contributed by atoms with Crippen molar-refractivity contribution in [2.45, 2.75) is 24.6 Å². The van der Waals surface area contributed by atoms with E-state index in [1.807, 2.05) is 0 Å². The van der Waals surface area contributed by atoms with E-state index in [0.29, 0.717) is 0 Å². The molecule has 0 radical (unpaired) electrons. The molecule has 0 N–H and O–H groups in total. The van der Waals surface area contributed by atoms with Crippen molar-refractivity contribution in [2.75, 3.05) is 0 Å². The molecule has 0 aromatic rings. The molecule has 0 fully saturated rings. The zero-order valence-corrected chi connectivity index (χ0v) is 6.89. The Balaban J connectivity index is 4.02. The van der Waals surface area contributed by atoms with Crippen molar-refractivity contribution in [1.29, 1.82) is 0 Å². The maximum atomic E-state index is 12.1. The maximum absolute atomic E-state index is 12.1. The lowest BCUT2D eigenvalue weighted by Gasteiger charge is -2.20. The fourth-order valence-electron chi connectivity index (χ4n) is 0. The van der Waals surface area contributed by atoms with Gasteiger partial charge in [0.25, 0.3) is 5.00 Å². The maximum Gasteiger partial charge on any atom is 0.298 e. The fraction of sp³-hybridized carbons (Fsp3) is 1.00. The summed E-state index contributed by atoms with van der Waals surface area (Å²) in [5.41, 5.74) is 0. The third-order valence-corrected chi connectivity index (χ3v) is 4.25. The van der Waals surface area contributed by atoms with Crippen molar-refractivity contribution in [3.8, 4) is 0 Å². The third kappa shape index (κ3) is 2.09. The Morgan fingerprint density at radius 2 is 1.38 bits per heavy atom. The van der Waals surface area contributed by atoms with Crippen LogP contribution in [0.15, 0.2) is 0 Å². The number of hydrogen-bond donors (Lipinski definition) is 0. The minimum Gasteiger partial charge on any atom is -0.194 e. The highest BCUT2D eigenvalue weighted by Crippen LogP contribution is 2.30. The van der Waals surface area contributed by atoms with Crippen LogP contribution in [0, 0.1) is 0 Å². The zero-order valence-electron chi connectivity index (χ0n) is 5.13. The van der Waals surface area contributed by atoms with Gasteiger partial charge in [-0.25, -0.2) is 0 Å². The summed E-state index contributed by atoms with van der Waals surface area (Å²) in [4.78, 5) is 0. The number of rotatable bonds is 1. The Labute approximate surface area is 53.8 Å². The van der Waals surface area contributed by atoms with Crippen LogP contribution in [0.1, 0.15) is 0 Å². The first-order valence-corrected chi connectivity index (χ1v) is 6.19. The molecule has 0 nitrogen and oxygen atoms in total. The van der Waals surface area contributed by atoms with Gasteiger partial charge in [0.2, 0.25) is 0 Å². The quantitative estimate of drug-likeness (QED) is 0.407. The van der Waals surface area contributed by atoms with Gasteiger partial charge >= 0.3 is 0 Å². The van der Waals surface area contributed by atoms with Gasteiger partial charge in [-0.05, 0) is 0 Å². The van der Waals surface area contributed by atoms with E-state index in [9.17, 15) is 8.78 Å². The Hall–Kier alpha value is 0.367. The first-order valence-electron chi connectivity index (χ1n) is 2.32. The predicted molar refractivity (Wildman–Crippen MR) is 34.1 cm³/mol. The summed E-state index contributed by atoms with van der Waals surface area (Å²) in [6.07, 6.45) is 0. The molecule has 0 aromatic heterocycles. The van der Waals surface area contributed by atoms with Crippen molar-refractivity contribution in [3.05, 3.63) is 0 Å². The molecule has 0 saturated carbocycles. The monoisotopic (exact) mass is 158 g/mol. The second-order valence-electron chi connectivity index (χ2n) is 2.75. The lowest BCUT2D eigenvalue weighted by molar-refractivity contribution is 0.178. The summed E-state index contributed by atoms with van der Waals surface area (Å²) in [6.45, 7) is 4.58. The van der Waals surface area contributed by atoms with Crippen LogP contribution >= 0.6 is 11.6 Å². The van der Waals surface area contributed by atoms with Gasteiger partial charge < -0.3 is 0 Å². The van der Waals surface area contributed by atoms with Crippen LogP contribution in [-0.2, 0) is 0 Å². The molecule has 0 aromatic carbocycles. The molecular weight excluding hydrogens is 150 g/mol. The molecule has 0 spiro atoms. The lowest BCUT2D eigenvalue weighted by atomic mass is 11.6. The minimum atomic E-state index is -2.95. The highest BCUT2D eigenvalue weighted by Gasteiger charge is 2.42. The molecule has 0 rings (SSSR count). The second-order valence-corrected chi connectivity index (χ2v) is 8.67. The third-order valence-electron chi connectivity index (χ3n) is 0.850. The number of halogens is 3. The van der Waals surface area contributed by atoms with Gasteiger partial charge in [-0.2, -0.15) is 8.78 Å². The SMILES string of the molecule is C[Si](C)(C)C(F)(F)Cl. The largest absolute Gasteiger partial charge is 0.298 e. The van der Waals surface area contributed by atoms with Crippen LogP contribution in [0.4, 0.5) is 8.78 Å². The first kappa shape index (κ1) is 8.37. The van der Waals surface area contributed by atoms with Crippen molar-refractivity contribution in [3.63, 3.8) is 0 Å². The zero-order chi connectivity index (χ0) is 7.00. The molecule has 0 aliphatic heterocycles. The van der Waals surface area contributed by atoms with E-state index in [1.165, 1.54) is 19.6 Å². The minimum absolute atomic E-state index is 1.53. The second kappa shape index (κ2) is 1.95. The molecule has 0 atom stereocenters. The standard InChI is InChI=1S/C4H9ClF2Si/c1-8(2,3)4(5,6)7/h1-3H3. The molecule has 0 saturated heterocycles. The molecule has 0 amide bonds. The fourth-order valence-corrected chi connectivity index (χ4v) is 0. The first-order chi connectivity index (χ1) is 3.25. The van der Waals surface area contributed by atoms with E-state index in [4.69, 9.17) is 11.6 Å². The molecule has 0 unspecified atom stereocenters. The van der Waals surface area contributed by atoms with Gasteiger partial charge in [-0.15, -0.1) is 0 Å². The molecule has 0 aliphatic rings. The highest BCUT2D eigenvalue weighted by atomic mass is 35.5. The van der Waals surface area contributed by atoms with E-state index in [0.717, 1.165) is 0 Å². The summed E-state index contributed by atoms with van der Waals surface area (Å²) in [5.74, 6) is 0. The Morgan fingerprint density at radius 3 is 1.38 bits per heavy atom. The van der Waals surface area contributed by atoms with Crippen LogP contribution in [0.25, 0.3) is 0 Å². The molecule has 0 heterocycles. The van der Waals surface area contributed by atoms with Gasteiger partial charge in [0, 0.05) is 0 Å². The average Bonchev–Trinajstić information content (AvgIpc) is 1.25. The van der Waals surface area contributed by atoms with Crippen LogP contribution in [0.5, 0.6) is 0 Å². The number of hydrogen-bond acceptors (Lipinski definition) is 0. The van der Waals surface area contributed by atoms with Crippen LogP contribution in [0.3, 0.4) is 0 Å². The summed E-state index contributed by atoms with van der Waals surface area (Å²) < 4.78 is 24.1. The molecule has 0 bridgehead atoms. The molecular formula is C4H9ClF2Si. The van der Waals surface area contributed by atoms with Crippen LogP contribution in [-0.4, -0.2) is 13.1 Å².